The Labute approximate surface area is 119 Å². The van der Waals surface area contributed by atoms with Crippen molar-refractivity contribution in [3.05, 3.63) is 23.4 Å². The Morgan fingerprint density at radius 3 is 3.10 bits per heavy atom. The van der Waals surface area contributed by atoms with Crippen LogP contribution in [0.15, 0.2) is 12.3 Å². The van der Waals surface area contributed by atoms with E-state index < -0.39 is 0 Å². The molecule has 0 aromatic carbocycles. The smallest absolute Gasteiger partial charge is 0.220 e. The highest BCUT2D eigenvalue weighted by Crippen LogP contribution is 2.29. The topological polar surface area (TPSA) is 65.5 Å². The zero-order valence-corrected chi connectivity index (χ0v) is 11.8. The number of fused-ring (bicyclic) bond motifs is 1. The van der Waals surface area contributed by atoms with E-state index in [1.165, 1.54) is 0 Å². The van der Waals surface area contributed by atoms with Gasteiger partial charge in [0.25, 0.3) is 0 Å². The summed E-state index contributed by atoms with van der Waals surface area (Å²) in [7, 11) is 0. The first-order valence-corrected chi connectivity index (χ1v) is 7.28. The SMILES string of the molecule is Cc1cc(CO)cnc1N1CCC2NC(=O)CCC2C1. The van der Waals surface area contributed by atoms with Gasteiger partial charge in [0.05, 0.1) is 6.61 Å². The molecular formula is C15H21N3O2. The number of amides is 1. The van der Waals surface area contributed by atoms with Gasteiger partial charge in [-0.2, -0.15) is 0 Å². The van der Waals surface area contributed by atoms with Crippen LogP contribution in [0.4, 0.5) is 5.82 Å². The maximum Gasteiger partial charge on any atom is 0.220 e. The number of nitrogens with one attached hydrogen (secondary N) is 1. The summed E-state index contributed by atoms with van der Waals surface area (Å²) in [6, 6.07) is 2.33. The van der Waals surface area contributed by atoms with E-state index in [4.69, 9.17) is 5.11 Å². The normalized spacial score (nSPS) is 26.1. The quantitative estimate of drug-likeness (QED) is 0.844. The second kappa shape index (κ2) is 5.40. The summed E-state index contributed by atoms with van der Waals surface area (Å²) in [6.07, 6.45) is 4.35. The number of aryl methyl sites for hydroxylation is 1. The second-order valence-electron chi connectivity index (χ2n) is 5.85. The highest BCUT2D eigenvalue weighted by molar-refractivity contribution is 5.77. The molecule has 2 N–H and O–H groups in total. The number of hydrogen-bond donors (Lipinski definition) is 2. The molecule has 2 unspecified atom stereocenters. The molecule has 0 spiro atoms. The van der Waals surface area contributed by atoms with Crippen molar-refractivity contribution in [3.8, 4) is 0 Å². The van der Waals surface area contributed by atoms with Crippen molar-refractivity contribution in [1.82, 2.24) is 10.3 Å². The van der Waals surface area contributed by atoms with Crippen LogP contribution in [0.5, 0.6) is 0 Å². The standard InChI is InChI=1S/C15H21N3O2/c1-10-6-11(9-19)7-16-15(10)18-5-4-13-12(8-18)2-3-14(20)17-13/h6-7,12-13,19H,2-5,8-9H2,1H3,(H,17,20). The molecule has 5 nitrogen and oxygen atoms in total. The maximum absolute atomic E-state index is 11.4. The molecule has 2 aliphatic rings. The molecule has 0 bridgehead atoms. The molecule has 5 heteroatoms. The summed E-state index contributed by atoms with van der Waals surface area (Å²) in [4.78, 5) is 18.3. The number of carbonyl (C=O) groups is 1. The van der Waals surface area contributed by atoms with Gasteiger partial charge in [-0.3, -0.25) is 4.79 Å². The van der Waals surface area contributed by atoms with Crippen molar-refractivity contribution in [2.75, 3.05) is 18.0 Å². The lowest BCUT2D eigenvalue weighted by molar-refractivity contribution is -0.124. The molecule has 108 valence electrons. The Kier molecular flexibility index (Phi) is 3.61. The monoisotopic (exact) mass is 275 g/mol. The molecule has 20 heavy (non-hydrogen) atoms. The number of anilines is 1. The third kappa shape index (κ3) is 2.50. The van der Waals surface area contributed by atoms with Crippen LogP contribution in [-0.2, 0) is 11.4 Å². The van der Waals surface area contributed by atoms with Crippen molar-refractivity contribution in [1.29, 1.82) is 0 Å². The van der Waals surface area contributed by atoms with Crippen LogP contribution < -0.4 is 10.2 Å². The molecule has 1 amide bonds. The summed E-state index contributed by atoms with van der Waals surface area (Å²) < 4.78 is 0. The Bertz CT molecular complexity index is 518. The van der Waals surface area contributed by atoms with Crippen LogP contribution in [0, 0.1) is 12.8 Å². The minimum absolute atomic E-state index is 0.0326. The first kappa shape index (κ1) is 13.4. The molecular weight excluding hydrogens is 254 g/mol. The summed E-state index contributed by atoms with van der Waals surface area (Å²) in [5, 5.41) is 12.3. The molecule has 0 saturated carbocycles. The Morgan fingerprint density at radius 1 is 1.50 bits per heavy atom. The Balaban J connectivity index is 1.74. The van der Waals surface area contributed by atoms with Gasteiger partial charge in [0.2, 0.25) is 5.91 Å². The predicted molar refractivity (Wildman–Crippen MR) is 76.4 cm³/mol. The predicted octanol–water partition coefficient (Wildman–Crippen LogP) is 0.987. The van der Waals surface area contributed by atoms with Gasteiger partial charge in [-0.15, -0.1) is 0 Å². The molecule has 2 fully saturated rings. The van der Waals surface area contributed by atoms with Gasteiger partial charge in [-0.05, 0) is 42.9 Å². The third-order valence-corrected chi connectivity index (χ3v) is 4.41. The number of pyridine rings is 1. The van der Waals surface area contributed by atoms with Crippen LogP contribution in [0.3, 0.4) is 0 Å². The van der Waals surface area contributed by atoms with Crippen molar-refractivity contribution < 1.29 is 9.90 Å². The average Bonchev–Trinajstić information content (AvgIpc) is 2.46. The summed E-state index contributed by atoms with van der Waals surface area (Å²) in [5.41, 5.74) is 1.96. The minimum atomic E-state index is 0.0326. The molecule has 2 atom stereocenters. The van der Waals surface area contributed by atoms with Gasteiger partial charge < -0.3 is 15.3 Å². The number of nitrogens with zero attached hydrogens (tertiary/aromatic N) is 2. The maximum atomic E-state index is 11.4. The van der Waals surface area contributed by atoms with Gasteiger partial charge in [0, 0.05) is 31.7 Å². The fraction of sp³-hybridized carbons (Fsp3) is 0.600. The van der Waals surface area contributed by atoms with E-state index in [-0.39, 0.29) is 12.5 Å². The highest BCUT2D eigenvalue weighted by atomic mass is 16.3. The van der Waals surface area contributed by atoms with Crippen molar-refractivity contribution in [3.63, 3.8) is 0 Å². The largest absolute Gasteiger partial charge is 0.392 e. The zero-order valence-electron chi connectivity index (χ0n) is 11.8. The Morgan fingerprint density at radius 2 is 2.35 bits per heavy atom. The first-order valence-electron chi connectivity index (χ1n) is 7.28. The third-order valence-electron chi connectivity index (χ3n) is 4.41. The van der Waals surface area contributed by atoms with E-state index in [0.717, 1.165) is 42.9 Å². The fourth-order valence-electron chi connectivity index (χ4n) is 3.35. The lowest BCUT2D eigenvalue weighted by atomic mass is 9.85. The van der Waals surface area contributed by atoms with E-state index in [9.17, 15) is 4.79 Å². The molecule has 1 aromatic rings. The van der Waals surface area contributed by atoms with E-state index in [1.54, 1.807) is 6.20 Å². The fourth-order valence-corrected chi connectivity index (χ4v) is 3.35. The van der Waals surface area contributed by atoms with Crippen LogP contribution >= 0.6 is 0 Å². The van der Waals surface area contributed by atoms with E-state index in [1.807, 2.05) is 13.0 Å². The summed E-state index contributed by atoms with van der Waals surface area (Å²) in [5.74, 6) is 1.74. The number of aliphatic hydroxyl groups excluding tert-OH is 1. The van der Waals surface area contributed by atoms with Gasteiger partial charge in [0.15, 0.2) is 0 Å². The van der Waals surface area contributed by atoms with Gasteiger partial charge >= 0.3 is 0 Å². The molecule has 3 heterocycles. The van der Waals surface area contributed by atoms with E-state index in [2.05, 4.69) is 15.2 Å². The van der Waals surface area contributed by atoms with Crippen LogP contribution in [0.1, 0.15) is 30.4 Å². The van der Waals surface area contributed by atoms with Crippen LogP contribution in [-0.4, -0.2) is 35.1 Å². The van der Waals surface area contributed by atoms with Crippen molar-refractivity contribution in [2.45, 2.75) is 38.8 Å². The summed E-state index contributed by atoms with van der Waals surface area (Å²) in [6.45, 7) is 3.95. The van der Waals surface area contributed by atoms with Crippen LogP contribution in [0.25, 0.3) is 0 Å². The van der Waals surface area contributed by atoms with Crippen molar-refractivity contribution >= 4 is 11.7 Å². The lowest BCUT2D eigenvalue weighted by Crippen LogP contribution is -2.54. The number of aliphatic hydroxyl groups is 1. The van der Waals surface area contributed by atoms with Crippen molar-refractivity contribution in [2.24, 2.45) is 5.92 Å². The number of rotatable bonds is 2. The number of carbonyl (C=O) groups excluding carboxylic acids is 1. The van der Waals surface area contributed by atoms with Crippen LogP contribution in [0.2, 0.25) is 0 Å². The molecule has 2 saturated heterocycles. The summed E-state index contributed by atoms with van der Waals surface area (Å²) >= 11 is 0. The molecule has 0 radical (unpaired) electrons. The molecule has 0 aliphatic carbocycles. The zero-order chi connectivity index (χ0) is 14.1. The minimum Gasteiger partial charge on any atom is -0.392 e. The molecule has 1 aromatic heterocycles. The highest BCUT2D eigenvalue weighted by Gasteiger charge is 2.34. The van der Waals surface area contributed by atoms with Gasteiger partial charge in [-0.25, -0.2) is 4.98 Å². The van der Waals surface area contributed by atoms with E-state index in [0.29, 0.717) is 18.4 Å². The number of hydrogen-bond acceptors (Lipinski definition) is 4. The number of aromatic nitrogens is 1. The number of piperidine rings is 2. The first-order chi connectivity index (χ1) is 9.67. The second-order valence-corrected chi connectivity index (χ2v) is 5.85. The van der Waals surface area contributed by atoms with E-state index >= 15 is 0 Å². The lowest BCUT2D eigenvalue weighted by Gasteiger charge is -2.42. The Hall–Kier alpha value is -1.62. The van der Waals surface area contributed by atoms with Gasteiger partial charge in [0.1, 0.15) is 5.82 Å². The molecule has 3 rings (SSSR count). The van der Waals surface area contributed by atoms with Gasteiger partial charge in [-0.1, -0.05) is 0 Å². The average molecular weight is 275 g/mol. The molecule has 2 aliphatic heterocycles.